The second kappa shape index (κ2) is 34.0. The van der Waals surface area contributed by atoms with Gasteiger partial charge in [-0.2, -0.15) is 0 Å². The number of aliphatic hydroxyl groups excluding tert-OH is 1. The molecule has 0 rings (SSSR count). The van der Waals surface area contributed by atoms with Crippen molar-refractivity contribution in [1.82, 2.24) is 5.32 Å². The highest BCUT2D eigenvalue weighted by molar-refractivity contribution is 7.45. The molecule has 50 heavy (non-hydrogen) atoms. The van der Waals surface area contributed by atoms with E-state index in [4.69, 9.17) is 9.05 Å². The first-order chi connectivity index (χ1) is 24.0. The molecule has 0 aromatic carbocycles. The summed E-state index contributed by atoms with van der Waals surface area (Å²) in [5.74, 6) is -0.175. The molecule has 0 spiro atoms. The first-order valence-electron chi connectivity index (χ1n) is 21.0. The molecular formula is C41H83N2O6P. The third kappa shape index (κ3) is 35.6. The Bertz CT molecular complexity index is 834. The number of allylic oxidation sites excluding steroid dienone is 2. The molecule has 0 fully saturated rings. The minimum atomic E-state index is -4.56. The van der Waals surface area contributed by atoms with Crippen LogP contribution in [-0.2, 0) is 18.4 Å². The summed E-state index contributed by atoms with van der Waals surface area (Å²) in [7, 11) is 1.29. The summed E-state index contributed by atoms with van der Waals surface area (Å²) in [6.45, 7) is 4.69. The smallest absolute Gasteiger partial charge is 0.268 e. The van der Waals surface area contributed by atoms with E-state index in [-0.39, 0.29) is 19.1 Å². The molecule has 0 saturated carbocycles. The molecule has 0 aliphatic carbocycles. The van der Waals surface area contributed by atoms with E-state index in [0.717, 1.165) is 44.9 Å². The first-order valence-corrected chi connectivity index (χ1v) is 22.5. The van der Waals surface area contributed by atoms with Crippen LogP contribution in [-0.4, -0.2) is 68.5 Å². The number of nitrogens with zero attached hydrogens (tertiary/aromatic N) is 1. The molecule has 0 heterocycles. The van der Waals surface area contributed by atoms with Crippen LogP contribution >= 0.6 is 7.82 Å². The van der Waals surface area contributed by atoms with Crippen LogP contribution in [0.15, 0.2) is 12.2 Å². The quantitative estimate of drug-likeness (QED) is 0.0283. The molecular weight excluding hydrogens is 647 g/mol. The van der Waals surface area contributed by atoms with Gasteiger partial charge in [0.15, 0.2) is 0 Å². The topological polar surface area (TPSA) is 108 Å². The lowest BCUT2D eigenvalue weighted by atomic mass is 10.0. The monoisotopic (exact) mass is 731 g/mol. The molecule has 298 valence electrons. The van der Waals surface area contributed by atoms with Crippen molar-refractivity contribution in [3.8, 4) is 0 Å². The number of hydrogen-bond acceptors (Lipinski definition) is 6. The highest BCUT2D eigenvalue weighted by Crippen LogP contribution is 2.38. The first kappa shape index (κ1) is 49.2. The maximum absolute atomic E-state index is 12.8. The van der Waals surface area contributed by atoms with Crippen LogP contribution in [0.2, 0.25) is 0 Å². The van der Waals surface area contributed by atoms with Crippen LogP contribution in [0.3, 0.4) is 0 Å². The molecule has 0 aliphatic rings. The van der Waals surface area contributed by atoms with Crippen molar-refractivity contribution >= 4 is 13.7 Å². The van der Waals surface area contributed by atoms with Crippen LogP contribution in [0.4, 0.5) is 0 Å². The molecule has 0 aromatic rings. The number of phosphoric ester groups is 1. The van der Waals surface area contributed by atoms with Gasteiger partial charge >= 0.3 is 0 Å². The Hall–Kier alpha value is -0.760. The fourth-order valence-corrected chi connectivity index (χ4v) is 6.81. The largest absolute Gasteiger partial charge is 0.756 e. The second-order valence-electron chi connectivity index (χ2n) is 15.7. The maximum atomic E-state index is 12.8. The highest BCUT2D eigenvalue weighted by atomic mass is 31.2. The Balaban J connectivity index is 4.42. The van der Waals surface area contributed by atoms with Crippen LogP contribution < -0.4 is 10.2 Å². The number of carbonyl (C=O) groups is 1. The lowest BCUT2D eigenvalue weighted by Crippen LogP contribution is -2.46. The van der Waals surface area contributed by atoms with E-state index in [2.05, 4.69) is 31.3 Å². The zero-order chi connectivity index (χ0) is 37.2. The van der Waals surface area contributed by atoms with Gasteiger partial charge in [-0.3, -0.25) is 9.36 Å². The molecule has 1 amide bonds. The van der Waals surface area contributed by atoms with Crippen LogP contribution in [0.25, 0.3) is 0 Å². The summed E-state index contributed by atoms with van der Waals surface area (Å²) >= 11 is 0. The predicted octanol–water partition coefficient (Wildman–Crippen LogP) is 10.6. The van der Waals surface area contributed by atoms with E-state index in [9.17, 15) is 19.4 Å². The standard InChI is InChI=1S/C41H83N2O6P/c1-6-8-10-12-14-16-18-19-20-21-22-23-25-26-28-30-32-34-40(44)39(38-49-50(46,47)48-37-36-43(3,4)5)42-41(45)35-33-31-29-27-24-17-15-13-11-9-7-2/h25-26,39-40,44H,6-24,27-38H2,1-5H3,(H-,42,45,46,47)/b26-25+/t39-,40+/m0/s1. The van der Waals surface area contributed by atoms with Crippen molar-refractivity contribution in [1.29, 1.82) is 0 Å². The minimum absolute atomic E-state index is 0.00941. The van der Waals surface area contributed by atoms with E-state index < -0.39 is 20.0 Å². The summed E-state index contributed by atoms with van der Waals surface area (Å²) in [4.78, 5) is 25.2. The third-order valence-electron chi connectivity index (χ3n) is 9.50. The number of nitrogens with one attached hydrogen (secondary N) is 1. The van der Waals surface area contributed by atoms with Gasteiger partial charge in [0.25, 0.3) is 7.82 Å². The number of carbonyl (C=O) groups excluding carboxylic acids is 1. The van der Waals surface area contributed by atoms with Gasteiger partial charge in [-0.1, -0.05) is 161 Å². The van der Waals surface area contributed by atoms with Gasteiger partial charge in [-0.15, -0.1) is 0 Å². The molecule has 2 N–H and O–H groups in total. The van der Waals surface area contributed by atoms with Gasteiger partial charge in [-0.25, -0.2) is 0 Å². The summed E-state index contributed by atoms with van der Waals surface area (Å²) in [5, 5.41) is 13.8. The van der Waals surface area contributed by atoms with E-state index in [1.807, 2.05) is 21.1 Å². The molecule has 0 radical (unpaired) electrons. The summed E-state index contributed by atoms with van der Waals surface area (Å²) in [6.07, 6.45) is 36.4. The summed E-state index contributed by atoms with van der Waals surface area (Å²) in [6, 6.07) is -0.809. The van der Waals surface area contributed by atoms with Gasteiger partial charge in [0, 0.05) is 6.42 Å². The molecule has 9 heteroatoms. The lowest BCUT2D eigenvalue weighted by molar-refractivity contribution is -0.870. The number of phosphoric acid groups is 1. The van der Waals surface area contributed by atoms with Crippen molar-refractivity contribution in [2.24, 2.45) is 0 Å². The molecule has 0 aliphatic heterocycles. The number of aliphatic hydroxyl groups is 1. The molecule has 0 aromatic heterocycles. The van der Waals surface area contributed by atoms with Crippen LogP contribution in [0.1, 0.15) is 194 Å². The fourth-order valence-electron chi connectivity index (χ4n) is 6.09. The molecule has 8 nitrogen and oxygen atoms in total. The Morgan fingerprint density at radius 1 is 0.680 bits per heavy atom. The Morgan fingerprint density at radius 2 is 1.10 bits per heavy atom. The number of rotatable bonds is 38. The van der Waals surface area contributed by atoms with Crippen molar-refractivity contribution in [3.05, 3.63) is 12.2 Å². The summed E-state index contributed by atoms with van der Waals surface area (Å²) in [5.41, 5.74) is 0. The lowest BCUT2D eigenvalue weighted by Gasteiger charge is -2.30. The van der Waals surface area contributed by atoms with E-state index in [1.165, 1.54) is 122 Å². The van der Waals surface area contributed by atoms with Gasteiger partial charge in [-0.05, 0) is 38.5 Å². The van der Waals surface area contributed by atoms with Crippen molar-refractivity contribution in [3.63, 3.8) is 0 Å². The Morgan fingerprint density at radius 3 is 1.56 bits per heavy atom. The molecule has 3 atom stereocenters. The minimum Gasteiger partial charge on any atom is -0.756 e. The van der Waals surface area contributed by atoms with Crippen molar-refractivity contribution in [2.45, 2.75) is 206 Å². The van der Waals surface area contributed by atoms with Gasteiger partial charge < -0.3 is 28.8 Å². The van der Waals surface area contributed by atoms with Crippen LogP contribution in [0.5, 0.6) is 0 Å². The van der Waals surface area contributed by atoms with Gasteiger partial charge in [0.05, 0.1) is 39.9 Å². The fraction of sp³-hybridized carbons (Fsp3) is 0.927. The second-order valence-corrected chi connectivity index (χ2v) is 17.1. The average molecular weight is 731 g/mol. The van der Waals surface area contributed by atoms with E-state index >= 15 is 0 Å². The van der Waals surface area contributed by atoms with Gasteiger partial charge in [0.1, 0.15) is 13.2 Å². The van der Waals surface area contributed by atoms with Crippen molar-refractivity contribution in [2.75, 3.05) is 40.9 Å². The normalized spacial score (nSPS) is 14.6. The van der Waals surface area contributed by atoms with E-state index in [1.54, 1.807) is 0 Å². The SMILES string of the molecule is CCCCCCCCCCCCC/C=C/CCCC[C@@H](O)[C@H](COP(=O)([O-])OCC[N+](C)(C)C)NC(=O)CCCCCCCCCCCCC. The molecule has 0 saturated heterocycles. The summed E-state index contributed by atoms with van der Waals surface area (Å²) < 4.78 is 23.2. The predicted molar refractivity (Wildman–Crippen MR) is 210 cm³/mol. The number of quaternary nitrogens is 1. The third-order valence-corrected chi connectivity index (χ3v) is 10.5. The zero-order valence-electron chi connectivity index (χ0n) is 33.6. The van der Waals surface area contributed by atoms with Crippen LogP contribution in [0, 0.1) is 0 Å². The van der Waals surface area contributed by atoms with Crippen molar-refractivity contribution < 1.29 is 32.9 Å². The Labute approximate surface area is 310 Å². The number of amides is 1. The maximum Gasteiger partial charge on any atom is 0.268 e. The average Bonchev–Trinajstić information content (AvgIpc) is 3.06. The van der Waals surface area contributed by atoms with E-state index in [0.29, 0.717) is 23.9 Å². The zero-order valence-corrected chi connectivity index (χ0v) is 34.5. The highest BCUT2D eigenvalue weighted by Gasteiger charge is 2.24. The number of likely N-dealkylation sites (N-methyl/N-ethyl adjacent to an activating group) is 1. The van der Waals surface area contributed by atoms with Gasteiger partial charge in [0.2, 0.25) is 5.91 Å². The Kier molecular flexibility index (Phi) is 33.5. The molecule has 1 unspecified atom stereocenters. The molecule has 0 bridgehead atoms. The number of hydrogen-bond donors (Lipinski definition) is 2. The number of unbranched alkanes of at least 4 members (excludes halogenated alkanes) is 23.